The quantitative estimate of drug-likeness (QED) is 0.253. The first-order chi connectivity index (χ1) is 1.89. The molecule has 0 spiro atoms. The van der Waals surface area contributed by atoms with Crippen LogP contribution in [0.15, 0.2) is 0 Å². The van der Waals surface area contributed by atoms with E-state index in [2.05, 4.69) is 22.4 Å². The highest BCUT2D eigenvalue weighted by Crippen LogP contribution is 2.13. The maximum atomic E-state index is 4.07. The topological polar surface area (TPSA) is 25.1 Å². The highest BCUT2D eigenvalue weighted by Gasteiger charge is 2.17. The summed E-state index contributed by atoms with van der Waals surface area (Å²) in [6.07, 6.45) is 0. The van der Waals surface area contributed by atoms with E-state index in [4.69, 9.17) is 0 Å². The van der Waals surface area contributed by atoms with E-state index in [9.17, 15) is 0 Å². The fourth-order valence-corrected chi connectivity index (χ4v) is 0.0745. The largest absolute Gasteiger partial charge is 0.267 e. The Hall–Kier alpha value is 0.270. The minimum Gasteiger partial charge on any atom is -0.186 e. The van der Waals surface area contributed by atoms with Gasteiger partial charge >= 0.3 is 0 Å². The highest BCUT2D eigenvalue weighted by molar-refractivity contribution is 7.80. The molecule has 2 nitrogen and oxygen atoms in total. The van der Waals surface area contributed by atoms with Gasteiger partial charge in [-0.15, -0.1) is 12.6 Å². The third kappa shape index (κ3) is 0.342. The molecule has 0 bridgehead atoms. The molecular weight excluding hydrogens is 76.1 g/mol. The van der Waals surface area contributed by atoms with Crippen LogP contribution in [0, 0.1) is 0 Å². The maximum absolute atomic E-state index is 4.07. The molecule has 1 heterocycles. The number of rotatable bonds is 0. The minimum atomic E-state index is -0.222. The van der Waals surface area contributed by atoms with Crippen LogP contribution in [0.3, 0.4) is 0 Å². The lowest BCUT2D eigenvalue weighted by molar-refractivity contribution is 0.0850. The minimum absolute atomic E-state index is 0.222. The second-order valence-corrected chi connectivity index (χ2v) is 0.921. The zero-order valence-corrected chi connectivity index (χ0v) is 2.74. The summed E-state index contributed by atoms with van der Waals surface area (Å²) in [6, 6.07) is 0. The van der Waals surface area contributed by atoms with Crippen LogP contribution in [0.1, 0.15) is 0 Å². The molecule has 4 heavy (non-hydrogen) atoms. The van der Waals surface area contributed by atoms with Gasteiger partial charge < -0.3 is 0 Å². The van der Waals surface area contributed by atoms with Gasteiger partial charge in [-0.25, -0.2) is 0 Å². The molecule has 1 fully saturated rings. The van der Waals surface area contributed by atoms with Crippen LogP contribution in [0.25, 0.3) is 0 Å². The van der Waals surface area contributed by atoms with Crippen molar-refractivity contribution in [3.63, 3.8) is 0 Å². The molecule has 0 aromatic heterocycles. The number of hydrogen-bond acceptors (Lipinski definition) is 3. The first-order valence-electron chi connectivity index (χ1n) is 0.896. The van der Waals surface area contributed by atoms with Gasteiger partial charge in [0.2, 0.25) is 0 Å². The third-order valence-corrected chi connectivity index (χ3v) is 0.354. The molecule has 0 radical (unpaired) electrons. The van der Waals surface area contributed by atoms with Gasteiger partial charge in [-0.05, 0) is 0 Å². The molecule has 0 aliphatic carbocycles. The highest BCUT2D eigenvalue weighted by atomic mass is 32.1. The summed E-state index contributed by atoms with van der Waals surface area (Å²) < 4.78 is 0. The summed E-state index contributed by atoms with van der Waals surface area (Å²) in [5.74, 6) is 0. The van der Waals surface area contributed by atoms with Crippen LogP contribution in [0.4, 0.5) is 0 Å². The van der Waals surface area contributed by atoms with Crippen molar-refractivity contribution < 1.29 is 9.78 Å². The Balaban J connectivity index is 2.17. The molecule has 1 saturated heterocycles. The van der Waals surface area contributed by atoms with Gasteiger partial charge in [-0.3, -0.25) is 0 Å². The van der Waals surface area contributed by atoms with Crippen LogP contribution in [-0.2, 0) is 9.78 Å². The molecule has 0 aromatic carbocycles. The van der Waals surface area contributed by atoms with Crippen molar-refractivity contribution in [1.29, 1.82) is 0 Å². The lowest BCUT2D eigenvalue weighted by Gasteiger charge is -1.41. The molecule has 0 unspecified atom stereocenters. The molecule has 0 aromatic rings. The van der Waals surface area contributed by atoms with Gasteiger partial charge in [0, 0.05) is 0 Å². The Bertz CT molecular complexity index is 25.2. The van der Waals surface area contributed by atoms with Crippen molar-refractivity contribution in [1.82, 2.24) is 0 Å². The third-order valence-electron chi connectivity index (χ3n) is 0.182. The first-order valence-corrected chi connectivity index (χ1v) is 1.41. The molecule has 1 rings (SSSR count). The summed E-state index contributed by atoms with van der Waals surface area (Å²) in [5.41, 5.74) is -0.222. The summed E-state index contributed by atoms with van der Waals surface area (Å²) in [4.78, 5) is 8.15. The molecular formula is CH2O2S. The normalized spacial score (nSPS) is 26.2. The van der Waals surface area contributed by atoms with Gasteiger partial charge in [-0.2, -0.15) is 9.78 Å². The van der Waals surface area contributed by atoms with Crippen molar-refractivity contribution in [2.24, 2.45) is 0 Å². The van der Waals surface area contributed by atoms with E-state index in [-0.39, 0.29) is 5.62 Å². The molecule has 0 amide bonds. The van der Waals surface area contributed by atoms with Gasteiger partial charge in [0.05, 0.1) is 0 Å². The summed E-state index contributed by atoms with van der Waals surface area (Å²) in [6.45, 7) is 0. The van der Waals surface area contributed by atoms with E-state index in [0.29, 0.717) is 0 Å². The molecule has 24 valence electrons. The lowest BCUT2D eigenvalue weighted by atomic mass is 11.6. The van der Waals surface area contributed by atoms with Crippen molar-refractivity contribution in [3.8, 4) is 0 Å². The molecule has 0 atom stereocenters. The summed E-state index contributed by atoms with van der Waals surface area (Å²) in [7, 11) is 0. The van der Waals surface area contributed by atoms with Crippen LogP contribution in [0.2, 0.25) is 0 Å². The smallest absolute Gasteiger partial charge is 0.186 e. The Morgan fingerprint density at radius 2 is 1.75 bits per heavy atom. The SMILES string of the molecule is SC1OO1. The fraction of sp³-hybridized carbons (Fsp3) is 1.00. The van der Waals surface area contributed by atoms with Gasteiger partial charge in [0.15, 0.2) is 0 Å². The molecule has 3 heteroatoms. The van der Waals surface area contributed by atoms with Crippen molar-refractivity contribution in [2.75, 3.05) is 0 Å². The van der Waals surface area contributed by atoms with Crippen molar-refractivity contribution in [3.05, 3.63) is 0 Å². The Morgan fingerprint density at radius 3 is 1.75 bits per heavy atom. The first kappa shape index (κ1) is 2.50. The fourth-order valence-electron chi connectivity index (χ4n) is 0.0248. The van der Waals surface area contributed by atoms with E-state index in [1.807, 2.05) is 0 Å². The average Bonchev–Trinajstić information content (AvgIpc) is 1.75. The van der Waals surface area contributed by atoms with Gasteiger partial charge in [-0.1, -0.05) is 0 Å². The van der Waals surface area contributed by atoms with Crippen molar-refractivity contribution >= 4 is 12.6 Å². The second kappa shape index (κ2) is 0.607. The molecule has 1 aliphatic heterocycles. The maximum Gasteiger partial charge on any atom is 0.267 e. The standard InChI is InChI=1S/CH2O2S/c4-1-2-3-1/h1,4H. The van der Waals surface area contributed by atoms with E-state index < -0.39 is 0 Å². The van der Waals surface area contributed by atoms with E-state index in [0.717, 1.165) is 0 Å². The Morgan fingerprint density at radius 1 is 1.50 bits per heavy atom. The van der Waals surface area contributed by atoms with E-state index >= 15 is 0 Å². The van der Waals surface area contributed by atoms with Gasteiger partial charge in [0.25, 0.3) is 5.62 Å². The van der Waals surface area contributed by atoms with Crippen LogP contribution >= 0.6 is 12.6 Å². The lowest BCUT2D eigenvalue weighted by Crippen LogP contribution is -1.50. The van der Waals surface area contributed by atoms with Crippen LogP contribution in [-0.4, -0.2) is 5.62 Å². The average molecular weight is 78.1 g/mol. The second-order valence-electron chi connectivity index (χ2n) is 0.499. The Labute approximate surface area is 29.0 Å². The molecule has 0 N–H and O–H groups in total. The summed E-state index contributed by atoms with van der Waals surface area (Å²) >= 11 is 3.63. The predicted octanol–water partition coefficient (Wildman–Crippen LogP) is 0.162. The monoisotopic (exact) mass is 78.0 g/mol. The van der Waals surface area contributed by atoms with Crippen LogP contribution in [0.5, 0.6) is 0 Å². The van der Waals surface area contributed by atoms with E-state index in [1.54, 1.807) is 0 Å². The number of hydrogen-bond donors (Lipinski definition) is 1. The number of thiol groups is 1. The Kier molecular flexibility index (Phi) is 0.380. The zero-order valence-electron chi connectivity index (χ0n) is 1.84. The van der Waals surface area contributed by atoms with Crippen molar-refractivity contribution in [2.45, 2.75) is 5.62 Å². The van der Waals surface area contributed by atoms with Gasteiger partial charge in [0.1, 0.15) is 0 Å². The predicted molar refractivity (Wildman–Crippen MR) is 14.9 cm³/mol. The molecule has 0 saturated carbocycles. The molecule has 1 aliphatic rings. The zero-order chi connectivity index (χ0) is 2.99. The van der Waals surface area contributed by atoms with E-state index in [1.165, 1.54) is 0 Å². The van der Waals surface area contributed by atoms with Crippen LogP contribution < -0.4 is 0 Å². The summed E-state index contributed by atoms with van der Waals surface area (Å²) in [5, 5.41) is 0.